The largest absolute Gasteiger partial charge is 0.344 e. The van der Waals surface area contributed by atoms with Gasteiger partial charge in [-0.15, -0.1) is 24.8 Å². The van der Waals surface area contributed by atoms with Crippen molar-refractivity contribution >= 4 is 30.7 Å². The first kappa shape index (κ1) is 24.6. The Labute approximate surface area is 189 Å². The molecule has 166 valence electrons. The number of pyridine rings is 1. The van der Waals surface area contributed by atoms with Crippen molar-refractivity contribution in [2.24, 2.45) is 29.4 Å². The lowest BCUT2D eigenvalue weighted by Crippen LogP contribution is -2.49. The van der Waals surface area contributed by atoms with Gasteiger partial charge in [-0.3, -0.25) is 9.78 Å². The van der Waals surface area contributed by atoms with E-state index in [0.29, 0.717) is 23.6 Å². The van der Waals surface area contributed by atoms with E-state index in [1.807, 2.05) is 26.0 Å². The van der Waals surface area contributed by atoms with E-state index in [1.54, 1.807) is 12.4 Å². The zero-order chi connectivity index (χ0) is 19.7. The molecule has 2 aliphatic rings. The minimum absolute atomic E-state index is 0. The predicted molar refractivity (Wildman–Crippen MR) is 119 cm³/mol. The smallest absolute Gasteiger partial charge is 0.249 e. The van der Waals surface area contributed by atoms with Gasteiger partial charge in [0.15, 0.2) is 0 Å². The van der Waals surface area contributed by atoms with Crippen molar-refractivity contribution in [3.63, 3.8) is 0 Å². The van der Waals surface area contributed by atoms with Crippen LogP contribution < -0.4 is 11.1 Å². The zero-order valence-electron chi connectivity index (χ0n) is 17.4. The SMILES string of the molecule is CC(C)C(NC(=O)C1CC2CCCC(C1)C2N)c1nc(-c2cccnc2)no1.Cl.Cl. The highest BCUT2D eigenvalue weighted by atomic mass is 35.5. The minimum atomic E-state index is -0.305. The molecule has 0 aliphatic heterocycles. The minimum Gasteiger partial charge on any atom is -0.344 e. The molecule has 2 aromatic rings. The van der Waals surface area contributed by atoms with Gasteiger partial charge in [0.25, 0.3) is 0 Å². The van der Waals surface area contributed by atoms with Crippen molar-refractivity contribution in [2.45, 2.75) is 58.0 Å². The first-order valence-electron chi connectivity index (χ1n) is 10.3. The van der Waals surface area contributed by atoms with E-state index in [9.17, 15) is 4.79 Å². The van der Waals surface area contributed by atoms with Crippen molar-refractivity contribution in [1.29, 1.82) is 0 Å². The fourth-order valence-electron chi connectivity index (χ4n) is 4.76. The highest BCUT2D eigenvalue weighted by Gasteiger charge is 2.41. The molecule has 2 bridgehead atoms. The van der Waals surface area contributed by atoms with Gasteiger partial charge in [-0.2, -0.15) is 4.98 Å². The summed E-state index contributed by atoms with van der Waals surface area (Å²) in [7, 11) is 0. The molecule has 0 spiro atoms. The molecule has 2 aromatic heterocycles. The Morgan fingerprint density at radius 3 is 2.53 bits per heavy atom. The van der Waals surface area contributed by atoms with Crippen LogP contribution in [0.2, 0.25) is 0 Å². The summed E-state index contributed by atoms with van der Waals surface area (Å²) in [6.45, 7) is 4.09. The van der Waals surface area contributed by atoms with Gasteiger partial charge in [-0.05, 0) is 55.6 Å². The summed E-state index contributed by atoms with van der Waals surface area (Å²) in [5.41, 5.74) is 7.17. The summed E-state index contributed by atoms with van der Waals surface area (Å²) in [4.78, 5) is 21.7. The van der Waals surface area contributed by atoms with Gasteiger partial charge in [0.1, 0.15) is 6.04 Å². The molecule has 2 aliphatic carbocycles. The number of carbonyl (C=O) groups is 1. The number of carbonyl (C=O) groups excluding carboxylic acids is 1. The number of nitrogens with one attached hydrogen (secondary N) is 1. The van der Waals surface area contributed by atoms with Crippen molar-refractivity contribution in [3.05, 3.63) is 30.4 Å². The van der Waals surface area contributed by atoms with E-state index in [0.717, 1.165) is 31.2 Å². The van der Waals surface area contributed by atoms with E-state index in [2.05, 4.69) is 20.4 Å². The van der Waals surface area contributed by atoms with Crippen molar-refractivity contribution in [3.8, 4) is 11.4 Å². The van der Waals surface area contributed by atoms with Crippen LogP contribution in [-0.2, 0) is 4.79 Å². The van der Waals surface area contributed by atoms with Gasteiger partial charge in [-0.1, -0.05) is 25.4 Å². The fourth-order valence-corrected chi connectivity index (χ4v) is 4.76. The first-order valence-corrected chi connectivity index (χ1v) is 10.3. The van der Waals surface area contributed by atoms with Crippen LogP contribution in [0.4, 0.5) is 0 Å². The van der Waals surface area contributed by atoms with Crippen LogP contribution in [0.1, 0.15) is 57.9 Å². The van der Waals surface area contributed by atoms with E-state index in [-0.39, 0.29) is 54.6 Å². The number of nitrogens with two attached hydrogens (primary N) is 1. The summed E-state index contributed by atoms with van der Waals surface area (Å²) in [5, 5.41) is 7.25. The van der Waals surface area contributed by atoms with E-state index < -0.39 is 0 Å². The molecule has 7 nitrogen and oxygen atoms in total. The Balaban J connectivity index is 0.00000160. The zero-order valence-corrected chi connectivity index (χ0v) is 19.0. The molecule has 3 unspecified atom stereocenters. The van der Waals surface area contributed by atoms with Gasteiger partial charge in [0, 0.05) is 29.9 Å². The summed E-state index contributed by atoms with van der Waals surface area (Å²) in [5.74, 6) is 2.12. The topological polar surface area (TPSA) is 107 Å². The molecule has 9 heteroatoms. The molecule has 3 atom stereocenters. The number of hydrogen-bond donors (Lipinski definition) is 2. The second-order valence-electron chi connectivity index (χ2n) is 8.62. The quantitative estimate of drug-likeness (QED) is 0.706. The highest BCUT2D eigenvalue weighted by Crippen LogP contribution is 2.42. The second kappa shape index (κ2) is 10.6. The third-order valence-corrected chi connectivity index (χ3v) is 6.38. The second-order valence-corrected chi connectivity index (χ2v) is 8.62. The lowest BCUT2D eigenvalue weighted by molar-refractivity contribution is -0.129. The summed E-state index contributed by atoms with van der Waals surface area (Å²) >= 11 is 0. The number of rotatable bonds is 5. The van der Waals surface area contributed by atoms with Crippen molar-refractivity contribution in [1.82, 2.24) is 20.4 Å². The molecule has 0 radical (unpaired) electrons. The Hall–Kier alpha value is -1.70. The van der Waals surface area contributed by atoms with Crippen LogP contribution in [0.5, 0.6) is 0 Å². The first-order chi connectivity index (χ1) is 13.5. The maximum absolute atomic E-state index is 13.0. The average Bonchev–Trinajstić information content (AvgIpc) is 3.16. The third-order valence-electron chi connectivity index (χ3n) is 6.38. The van der Waals surface area contributed by atoms with Crippen LogP contribution >= 0.6 is 24.8 Å². The Kier molecular flexibility index (Phi) is 8.64. The molecule has 2 heterocycles. The van der Waals surface area contributed by atoms with Gasteiger partial charge in [0.2, 0.25) is 17.6 Å². The molecule has 4 rings (SSSR count). The fraction of sp³-hybridized carbons (Fsp3) is 0.619. The molecule has 2 fully saturated rings. The molecule has 30 heavy (non-hydrogen) atoms. The van der Waals surface area contributed by atoms with Crippen molar-refractivity contribution in [2.75, 3.05) is 0 Å². The number of amides is 1. The average molecular weight is 456 g/mol. The third kappa shape index (κ3) is 5.13. The number of nitrogens with zero attached hydrogens (tertiary/aromatic N) is 3. The van der Waals surface area contributed by atoms with Gasteiger partial charge in [-0.25, -0.2) is 0 Å². The van der Waals surface area contributed by atoms with Crippen LogP contribution in [0, 0.1) is 23.7 Å². The molecule has 0 aromatic carbocycles. The molecule has 3 N–H and O–H groups in total. The lowest BCUT2D eigenvalue weighted by atomic mass is 9.65. The van der Waals surface area contributed by atoms with Gasteiger partial charge in [0.05, 0.1) is 0 Å². The maximum Gasteiger partial charge on any atom is 0.249 e. The normalized spacial score (nSPS) is 26.3. The summed E-state index contributed by atoms with van der Waals surface area (Å²) in [6, 6.07) is 3.67. The predicted octanol–water partition coefficient (Wildman–Crippen LogP) is 3.94. The summed E-state index contributed by atoms with van der Waals surface area (Å²) < 4.78 is 5.50. The van der Waals surface area contributed by atoms with Crippen molar-refractivity contribution < 1.29 is 9.32 Å². The van der Waals surface area contributed by atoms with E-state index >= 15 is 0 Å². The molecule has 0 saturated heterocycles. The van der Waals surface area contributed by atoms with Crippen LogP contribution in [0.15, 0.2) is 29.0 Å². The molecular formula is C21H31Cl2N5O2. The van der Waals surface area contributed by atoms with Gasteiger partial charge >= 0.3 is 0 Å². The van der Waals surface area contributed by atoms with Crippen LogP contribution in [0.3, 0.4) is 0 Å². The van der Waals surface area contributed by atoms with Crippen LogP contribution in [0.25, 0.3) is 11.4 Å². The van der Waals surface area contributed by atoms with E-state index in [1.165, 1.54) is 6.42 Å². The number of halogens is 2. The summed E-state index contributed by atoms with van der Waals surface area (Å²) in [6.07, 6.45) is 8.71. The Morgan fingerprint density at radius 2 is 1.93 bits per heavy atom. The van der Waals surface area contributed by atoms with Gasteiger partial charge < -0.3 is 15.6 Å². The standard InChI is InChI=1S/C21H29N5O2.2ClH/c1-12(2)18(21-25-19(26-28-21)15-7-4-8-23-11-15)24-20(27)16-9-13-5-3-6-14(10-16)17(13)22;;/h4,7-8,11-14,16-18H,3,5-6,9-10,22H2,1-2H3,(H,24,27);2*1H. The number of aromatic nitrogens is 3. The molecule has 2 saturated carbocycles. The van der Waals surface area contributed by atoms with E-state index in [4.69, 9.17) is 10.3 Å². The molecule has 1 amide bonds. The molecular weight excluding hydrogens is 425 g/mol. The maximum atomic E-state index is 13.0. The number of fused-ring (bicyclic) bond motifs is 2. The monoisotopic (exact) mass is 455 g/mol. The lowest BCUT2D eigenvalue weighted by Gasteiger charge is -2.43. The highest BCUT2D eigenvalue weighted by molar-refractivity contribution is 5.85. The number of hydrogen-bond acceptors (Lipinski definition) is 6. The Morgan fingerprint density at radius 1 is 1.23 bits per heavy atom. The Bertz CT molecular complexity index is 803. The van der Waals surface area contributed by atoms with Crippen LogP contribution in [-0.4, -0.2) is 27.1 Å².